The molecule has 0 unspecified atom stereocenters. The zero-order valence-electron chi connectivity index (χ0n) is 18.6. The minimum absolute atomic E-state index is 0.184. The zero-order valence-corrected chi connectivity index (χ0v) is 20.2. The summed E-state index contributed by atoms with van der Waals surface area (Å²) in [6.45, 7) is 1.39. The first kappa shape index (κ1) is 23.5. The minimum Gasteiger partial charge on any atom is -0.497 e. The summed E-state index contributed by atoms with van der Waals surface area (Å²) in [5, 5.41) is 0. The molecule has 0 atom stereocenters. The highest BCUT2D eigenvalue weighted by molar-refractivity contribution is 7.92. The van der Waals surface area contributed by atoms with Gasteiger partial charge >= 0.3 is 0 Å². The van der Waals surface area contributed by atoms with Crippen LogP contribution in [-0.4, -0.2) is 78.0 Å². The van der Waals surface area contributed by atoms with E-state index >= 15 is 0 Å². The molecule has 0 radical (unpaired) electrons. The largest absolute Gasteiger partial charge is 0.497 e. The van der Waals surface area contributed by atoms with Crippen LogP contribution >= 0.6 is 0 Å². The van der Waals surface area contributed by atoms with Gasteiger partial charge in [-0.05, 0) is 60.9 Å². The normalized spacial score (nSPS) is 17.5. The van der Waals surface area contributed by atoms with Crippen LogP contribution in [0.3, 0.4) is 0 Å². The molecule has 0 spiro atoms. The number of carbonyl (C=O) groups is 1. The third-order valence-electron chi connectivity index (χ3n) is 6.03. The standard InChI is InChI=1S/C22H27N3O6S2/c1-31-19-6-8-20(9-7-19)33(29,30)24-14-12-23(13-15-24)22(26)18-5-10-21-17(16-18)4-3-11-25(21)32(2,27)28/h5-10,16H,3-4,11-15H2,1-2H3. The molecule has 2 aromatic rings. The number of hydrogen-bond acceptors (Lipinski definition) is 6. The van der Waals surface area contributed by atoms with Crippen LogP contribution in [0.1, 0.15) is 22.3 Å². The van der Waals surface area contributed by atoms with Crippen molar-refractivity contribution in [3.05, 3.63) is 53.6 Å². The summed E-state index contributed by atoms with van der Waals surface area (Å²) in [5.74, 6) is 0.393. The predicted molar refractivity (Wildman–Crippen MR) is 125 cm³/mol. The van der Waals surface area contributed by atoms with Crippen LogP contribution in [0.4, 0.5) is 5.69 Å². The smallest absolute Gasteiger partial charge is 0.253 e. The van der Waals surface area contributed by atoms with Gasteiger partial charge < -0.3 is 9.64 Å². The van der Waals surface area contributed by atoms with Gasteiger partial charge in [0.05, 0.1) is 23.9 Å². The van der Waals surface area contributed by atoms with Gasteiger partial charge in [0, 0.05) is 38.3 Å². The number of ether oxygens (including phenoxy) is 1. The van der Waals surface area contributed by atoms with Crippen molar-refractivity contribution in [1.29, 1.82) is 0 Å². The molecule has 0 bridgehead atoms. The molecule has 0 saturated carbocycles. The average Bonchev–Trinajstić information content (AvgIpc) is 2.82. The maximum atomic E-state index is 13.1. The van der Waals surface area contributed by atoms with Crippen LogP contribution < -0.4 is 9.04 Å². The molecule has 4 rings (SSSR count). The Labute approximate surface area is 194 Å². The summed E-state index contributed by atoms with van der Waals surface area (Å²) in [6.07, 6.45) is 2.58. The van der Waals surface area contributed by atoms with E-state index in [1.807, 2.05) is 0 Å². The van der Waals surface area contributed by atoms with Crippen LogP contribution in [-0.2, 0) is 26.5 Å². The Morgan fingerprint density at radius 3 is 2.18 bits per heavy atom. The van der Waals surface area contributed by atoms with Gasteiger partial charge in [0.25, 0.3) is 5.91 Å². The second kappa shape index (κ2) is 8.96. The molecule has 0 N–H and O–H groups in total. The number of methoxy groups -OCH3 is 1. The Morgan fingerprint density at radius 1 is 0.909 bits per heavy atom. The van der Waals surface area contributed by atoms with Crippen molar-refractivity contribution in [2.24, 2.45) is 0 Å². The van der Waals surface area contributed by atoms with Gasteiger partial charge in [-0.25, -0.2) is 16.8 Å². The van der Waals surface area contributed by atoms with E-state index in [2.05, 4.69) is 0 Å². The van der Waals surface area contributed by atoms with E-state index in [1.54, 1.807) is 35.2 Å². The monoisotopic (exact) mass is 493 g/mol. The third-order valence-corrected chi connectivity index (χ3v) is 9.12. The van der Waals surface area contributed by atoms with E-state index in [-0.39, 0.29) is 37.0 Å². The van der Waals surface area contributed by atoms with Crippen molar-refractivity contribution in [2.75, 3.05) is 50.4 Å². The molecular formula is C22H27N3O6S2. The molecule has 9 nitrogen and oxygen atoms in total. The molecule has 2 aliphatic heterocycles. The number of amides is 1. The molecule has 0 aliphatic carbocycles. The van der Waals surface area contributed by atoms with Crippen molar-refractivity contribution in [1.82, 2.24) is 9.21 Å². The van der Waals surface area contributed by atoms with E-state index < -0.39 is 20.0 Å². The zero-order chi connectivity index (χ0) is 23.8. The first-order valence-corrected chi connectivity index (χ1v) is 13.9. The van der Waals surface area contributed by atoms with E-state index in [4.69, 9.17) is 4.74 Å². The number of rotatable bonds is 5. The maximum absolute atomic E-state index is 13.1. The lowest BCUT2D eigenvalue weighted by Crippen LogP contribution is -2.50. The Balaban J connectivity index is 1.45. The molecule has 2 aromatic carbocycles. The number of carbonyl (C=O) groups excluding carboxylic acids is 1. The Kier molecular flexibility index (Phi) is 6.39. The number of hydrogen-bond donors (Lipinski definition) is 0. The van der Waals surface area contributed by atoms with Gasteiger partial charge in [0.15, 0.2) is 0 Å². The number of aryl methyl sites for hydroxylation is 1. The van der Waals surface area contributed by atoms with Crippen molar-refractivity contribution in [2.45, 2.75) is 17.7 Å². The summed E-state index contributed by atoms with van der Waals surface area (Å²) in [6, 6.07) is 11.3. The number of nitrogens with zero attached hydrogens (tertiary/aromatic N) is 3. The molecule has 1 fully saturated rings. The van der Waals surface area contributed by atoms with Crippen molar-refractivity contribution >= 4 is 31.6 Å². The molecule has 1 amide bonds. The van der Waals surface area contributed by atoms with Crippen molar-refractivity contribution < 1.29 is 26.4 Å². The van der Waals surface area contributed by atoms with Gasteiger partial charge in [-0.3, -0.25) is 9.10 Å². The number of benzene rings is 2. The van der Waals surface area contributed by atoms with Gasteiger partial charge in [0.1, 0.15) is 5.75 Å². The van der Waals surface area contributed by atoms with Crippen LogP contribution in [0.5, 0.6) is 5.75 Å². The Hall–Kier alpha value is -2.63. The fraction of sp³-hybridized carbons (Fsp3) is 0.409. The summed E-state index contributed by atoms with van der Waals surface area (Å²) in [7, 11) is -5.51. The van der Waals surface area contributed by atoms with Crippen LogP contribution in [0, 0.1) is 0 Å². The number of anilines is 1. The van der Waals surface area contributed by atoms with E-state index in [0.717, 1.165) is 5.56 Å². The highest BCUT2D eigenvalue weighted by atomic mass is 32.2. The highest BCUT2D eigenvalue weighted by Crippen LogP contribution is 2.30. The topological polar surface area (TPSA) is 104 Å². The third kappa shape index (κ3) is 4.71. The second-order valence-corrected chi connectivity index (χ2v) is 12.0. The molecular weight excluding hydrogens is 466 g/mol. The van der Waals surface area contributed by atoms with Crippen molar-refractivity contribution in [3.8, 4) is 5.75 Å². The summed E-state index contributed by atoms with van der Waals surface area (Å²) >= 11 is 0. The predicted octanol–water partition coefficient (Wildman–Crippen LogP) is 1.55. The first-order chi connectivity index (χ1) is 15.6. The minimum atomic E-state index is -3.66. The van der Waals surface area contributed by atoms with E-state index in [1.165, 1.54) is 34.1 Å². The molecule has 2 heterocycles. The van der Waals surface area contributed by atoms with Gasteiger partial charge in [0.2, 0.25) is 20.0 Å². The summed E-state index contributed by atoms with van der Waals surface area (Å²) < 4.78 is 57.8. The lowest BCUT2D eigenvalue weighted by Gasteiger charge is -2.34. The van der Waals surface area contributed by atoms with Gasteiger partial charge in [-0.15, -0.1) is 0 Å². The van der Waals surface area contributed by atoms with Gasteiger partial charge in [-0.2, -0.15) is 4.31 Å². The highest BCUT2D eigenvalue weighted by Gasteiger charge is 2.31. The van der Waals surface area contributed by atoms with Crippen molar-refractivity contribution in [3.63, 3.8) is 0 Å². The molecule has 178 valence electrons. The Morgan fingerprint density at radius 2 is 1.58 bits per heavy atom. The van der Waals surface area contributed by atoms with Gasteiger partial charge in [-0.1, -0.05) is 0 Å². The fourth-order valence-corrected chi connectivity index (χ4v) is 6.67. The first-order valence-electron chi connectivity index (χ1n) is 10.7. The molecule has 11 heteroatoms. The molecule has 2 aliphatic rings. The number of sulfonamides is 2. The molecule has 0 aromatic heterocycles. The molecule has 1 saturated heterocycles. The number of fused-ring (bicyclic) bond motifs is 1. The summed E-state index contributed by atoms with van der Waals surface area (Å²) in [5.41, 5.74) is 1.93. The SMILES string of the molecule is COc1ccc(S(=O)(=O)N2CCN(C(=O)c3ccc4c(c3)CCCN4S(C)(=O)=O)CC2)cc1. The summed E-state index contributed by atoms with van der Waals surface area (Å²) in [4.78, 5) is 14.9. The number of piperazine rings is 1. The van der Waals surface area contributed by atoms with E-state index in [0.29, 0.717) is 36.4 Å². The fourth-order valence-electron chi connectivity index (χ4n) is 4.25. The van der Waals surface area contributed by atoms with E-state index in [9.17, 15) is 21.6 Å². The molecule has 33 heavy (non-hydrogen) atoms. The lowest BCUT2D eigenvalue weighted by atomic mass is 10.00. The Bertz CT molecular complexity index is 1250. The maximum Gasteiger partial charge on any atom is 0.253 e. The second-order valence-electron chi connectivity index (χ2n) is 8.15. The van der Waals surface area contributed by atoms with Crippen LogP contribution in [0.15, 0.2) is 47.4 Å². The van der Waals surface area contributed by atoms with Crippen LogP contribution in [0.25, 0.3) is 0 Å². The lowest BCUT2D eigenvalue weighted by molar-refractivity contribution is 0.0698. The quantitative estimate of drug-likeness (QED) is 0.626. The van der Waals surface area contributed by atoms with Crippen LogP contribution in [0.2, 0.25) is 0 Å². The average molecular weight is 494 g/mol.